The van der Waals surface area contributed by atoms with Gasteiger partial charge in [-0.1, -0.05) is 17.3 Å². The number of amidine groups is 1. The van der Waals surface area contributed by atoms with E-state index in [0.717, 1.165) is 5.56 Å². The Labute approximate surface area is 212 Å². The number of benzene rings is 1. The lowest BCUT2D eigenvalue weighted by Gasteiger charge is -2.29. The first-order valence-corrected chi connectivity index (χ1v) is 11.5. The first kappa shape index (κ1) is 25.8. The van der Waals surface area contributed by atoms with Crippen molar-refractivity contribution in [3.8, 4) is 17.1 Å². The monoisotopic (exact) mass is 510 g/mol. The SMILES string of the molecule is COc1cccc(-c2cc(F)ccc2C2Cc3nc(N)nc(C)c3C(=NOCCC(OC)C(=O)O)N2)n1. The minimum Gasteiger partial charge on any atom is -0.481 e. The average molecular weight is 511 g/mol. The molecule has 3 aromatic rings. The molecule has 4 rings (SSSR count). The second kappa shape index (κ2) is 11.2. The molecule has 0 aliphatic carbocycles. The number of nitrogens with one attached hydrogen (secondary N) is 1. The van der Waals surface area contributed by atoms with Crippen LogP contribution in [0.1, 0.15) is 35.0 Å². The van der Waals surface area contributed by atoms with Crippen molar-refractivity contribution in [3.63, 3.8) is 0 Å². The number of hydrogen-bond donors (Lipinski definition) is 3. The molecule has 2 unspecified atom stereocenters. The van der Waals surface area contributed by atoms with Crippen LogP contribution in [0.15, 0.2) is 41.6 Å². The van der Waals surface area contributed by atoms with E-state index in [1.165, 1.54) is 26.4 Å². The highest BCUT2D eigenvalue weighted by Gasteiger charge is 2.30. The molecule has 0 amide bonds. The van der Waals surface area contributed by atoms with E-state index in [-0.39, 0.29) is 19.0 Å². The number of carboxylic acids is 1. The summed E-state index contributed by atoms with van der Waals surface area (Å²) in [6, 6.07) is 9.34. The third kappa shape index (κ3) is 5.75. The van der Waals surface area contributed by atoms with Crippen LogP contribution in [-0.4, -0.2) is 58.8 Å². The minimum atomic E-state index is -1.09. The van der Waals surface area contributed by atoms with Crippen molar-refractivity contribution in [2.24, 2.45) is 5.16 Å². The van der Waals surface area contributed by atoms with Gasteiger partial charge in [0, 0.05) is 31.6 Å². The molecule has 37 heavy (non-hydrogen) atoms. The number of nitrogens with two attached hydrogens (primary N) is 1. The van der Waals surface area contributed by atoms with E-state index < -0.39 is 23.9 Å². The van der Waals surface area contributed by atoms with Crippen LogP contribution >= 0.6 is 0 Å². The number of aromatic nitrogens is 3. The quantitative estimate of drug-likeness (QED) is 0.289. The van der Waals surface area contributed by atoms with Gasteiger partial charge in [0.05, 0.1) is 35.8 Å². The summed E-state index contributed by atoms with van der Waals surface area (Å²) in [5, 5.41) is 16.7. The smallest absolute Gasteiger partial charge is 0.332 e. The lowest BCUT2D eigenvalue weighted by Crippen LogP contribution is -2.38. The van der Waals surface area contributed by atoms with E-state index in [9.17, 15) is 9.18 Å². The summed E-state index contributed by atoms with van der Waals surface area (Å²) < 4.78 is 24.5. The molecular formula is C25H27FN6O5. The molecule has 0 spiro atoms. The Morgan fingerprint density at radius 3 is 2.81 bits per heavy atom. The normalized spacial score (nSPS) is 16.5. The van der Waals surface area contributed by atoms with Gasteiger partial charge in [-0.15, -0.1) is 0 Å². The Morgan fingerprint density at radius 1 is 1.27 bits per heavy atom. The molecule has 2 aromatic heterocycles. The van der Waals surface area contributed by atoms with E-state index in [4.69, 9.17) is 25.2 Å². The number of oxime groups is 1. The van der Waals surface area contributed by atoms with Crippen molar-refractivity contribution in [2.75, 3.05) is 26.6 Å². The molecule has 11 nitrogen and oxygen atoms in total. The van der Waals surface area contributed by atoms with Crippen molar-refractivity contribution in [1.29, 1.82) is 0 Å². The summed E-state index contributed by atoms with van der Waals surface area (Å²) in [5.41, 5.74) is 9.67. The van der Waals surface area contributed by atoms with Gasteiger partial charge in [0.25, 0.3) is 0 Å². The molecule has 1 aliphatic rings. The van der Waals surface area contributed by atoms with E-state index in [1.807, 2.05) is 0 Å². The summed E-state index contributed by atoms with van der Waals surface area (Å²) in [4.78, 5) is 29.8. The minimum absolute atomic E-state index is 0.000389. The summed E-state index contributed by atoms with van der Waals surface area (Å²) >= 11 is 0. The van der Waals surface area contributed by atoms with Gasteiger partial charge < -0.3 is 30.5 Å². The Hall–Kier alpha value is -4.32. The standard InChI is InChI=1S/C25H27FN6O5/c1-13-22-19(31-25(27)28-13)12-18(30-23(22)32-37-10-9-20(35-2)24(33)34)15-8-7-14(26)11-16(15)17-5-4-6-21(29-17)36-3/h4-8,11,18,20H,9-10,12H2,1-3H3,(H,30,32)(H,33,34)(H2,27,28,31). The number of nitrogen functional groups attached to an aromatic ring is 1. The number of hydrogen-bond acceptors (Lipinski definition) is 9. The molecule has 3 heterocycles. The van der Waals surface area contributed by atoms with Crippen molar-refractivity contribution < 1.29 is 28.6 Å². The number of nitrogens with zero attached hydrogens (tertiary/aromatic N) is 4. The van der Waals surface area contributed by atoms with Gasteiger partial charge in [-0.25, -0.2) is 24.1 Å². The zero-order chi connectivity index (χ0) is 26.5. The molecule has 0 saturated heterocycles. The van der Waals surface area contributed by atoms with Crippen LogP contribution in [-0.2, 0) is 20.8 Å². The fraction of sp³-hybridized carbons (Fsp3) is 0.320. The number of pyridine rings is 1. The highest BCUT2D eigenvalue weighted by molar-refractivity contribution is 6.01. The van der Waals surface area contributed by atoms with Crippen LogP contribution in [0.4, 0.5) is 10.3 Å². The van der Waals surface area contributed by atoms with Gasteiger partial charge >= 0.3 is 5.97 Å². The number of methoxy groups -OCH3 is 2. The number of aliphatic carboxylic acids is 1. The van der Waals surface area contributed by atoms with Gasteiger partial charge in [0.1, 0.15) is 12.4 Å². The summed E-state index contributed by atoms with van der Waals surface area (Å²) in [7, 11) is 2.83. The van der Waals surface area contributed by atoms with Crippen LogP contribution < -0.4 is 15.8 Å². The van der Waals surface area contributed by atoms with Gasteiger partial charge in [0.15, 0.2) is 11.9 Å². The highest BCUT2D eigenvalue weighted by Crippen LogP contribution is 2.34. The van der Waals surface area contributed by atoms with Crippen molar-refractivity contribution in [1.82, 2.24) is 20.3 Å². The van der Waals surface area contributed by atoms with Crippen LogP contribution in [0.3, 0.4) is 0 Å². The Bertz CT molecular complexity index is 1330. The maximum Gasteiger partial charge on any atom is 0.332 e. The maximum atomic E-state index is 14.3. The maximum absolute atomic E-state index is 14.3. The van der Waals surface area contributed by atoms with E-state index >= 15 is 0 Å². The third-order valence-corrected chi connectivity index (χ3v) is 5.91. The fourth-order valence-electron chi connectivity index (χ4n) is 4.20. The number of ether oxygens (including phenoxy) is 2. The van der Waals surface area contributed by atoms with Crippen molar-refractivity contribution >= 4 is 17.8 Å². The van der Waals surface area contributed by atoms with Gasteiger partial charge in [-0.2, -0.15) is 0 Å². The largest absolute Gasteiger partial charge is 0.481 e. The molecule has 0 bridgehead atoms. The molecule has 0 radical (unpaired) electrons. The molecular weight excluding hydrogens is 483 g/mol. The number of rotatable bonds is 9. The average Bonchev–Trinajstić information content (AvgIpc) is 2.87. The van der Waals surface area contributed by atoms with E-state index in [0.29, 0.717) is 46.3 Å². The molecule has 1 aliphatic heterocycles. The van der Waals surface area contributed by atoms with Crippen LogP contribution in [0, 0.1) is 12.7 Å². The number of carboxylic acid groups (broad SMARTS) is 1. The van der Waals surface area contributed by atoms with E-state index in [2.05, 4.69) is 25.4 Å². The zero-order valence-corrected chi connectivity index (χ0v) is 20.6. The highest BCUT2D eigenvalue weighted by atomic mass is 19.1. The van der Waals surface area contributed by atoms with Crippen molar-refractivity contribution in [3.05, 3.63) is 64.7 Å². The number of aryl methyl sites for hydroxylation is 1. The Kier molecular flexibility index (Phi) is 7.77. The summed E-state index contributed by atoms with van der Waals surface area (Å²) in [6.45, 7) is 1.78. The number of carbonyl (C=O) groups is 1. The van der Waals surface area contributed by atoms with E-state index in [1.54, 1.807) is 31.2 Å². The molecule has 194 valence electrons. The summed E-state index contributed by atoms with van der Waals surface area (Å²) in [5.74, 6) is -0.630. The second-order valence-corrected chi connectivity index (χ2v) is 8.31. The van der Waals surface area contributed by atoms with Crippen LogP contribution in [0.5, 0.6) is 5.88 Å². The predicted octanol–water partition coefficient (Wildman–Crippen LogP) is 2.63. The van der Waals surface area contributed by atoms with Crippen LogP contribution in [0.2, 0.25) is 0 Å². The fourth-order valence-corrected chi connectivity index (χ4v) is 4.20. The molecule has 0 saturated carbocycles. The first-order chi connectivity index (χ1) is 17.8. The third-order valence-electron chi connectivity index (χ3n) is 5.91. The molecule has 1 aromatic carbocycles. The van der Waals surface area contributed by atoms with Crippen molar-refractivity contribution in [2.45, 2.75) is 31.9 Å². The molecule has 12 heteroatoms. The summed E-state index contributed by atoms with van der Waals surface area (Å²) in [6.07, 6.45) is -0.504. The number of halogens is 1. The topological polar surface area (TPSA) is 154 Å². The zero-order valence-electron chi connectivity index (χ0n) is 20.6. The van der Waals surface area contributed by atoms with Crippen LogP contribution in [0.25, 0.3) is 11.3 Å². The Morgan fingerprint density at radius 2 is 2.08 bits per heavy atom. The second-order valence-electron chi connectivity index (χ2n) is 8.31. The molecule has 2 atom stereocenters. The van der Waals surface area contributed by atoms with Gasteiger partial charge in [-0.05, 0) is 30.7 Å². The lowest BCUT2D eigenvalue weighted by atomic mass is 9.90. The molecule has 4 N–H and O–H groups in total. The Balaban J connectivity index is 1.70. The predicted molar refractivity (Wildman–Crippen MR) is 132 cm³/mol. The van der Waals surface area contributed by atoms with Gasteiger partial charge in [0.2, 0.25) is 11.8 Å². The molecule has 0 fully saturated rings. The number of fused-ring (bicyclic) bond motifs is 1. The first-order valence-electron chi connectivity index (χ1n) is 11.5. The number of anilines is 1. The van der Waals surface area contributed by atoms with Gasteiger partial charge in [-0.3, -0.25) is 0 Å². The lowest BCUT2D eigenvalue weighted by molar-refractivity contribution is -0.149.